The first kappa shape index (κ1) is 8.74. The van der Waals surface area contributed by atoms with Crippen molar-refractivity contribution in [3.8, 4) is 0 Å². The molecule has 1 heterocycles. The molecule has 0 aromatic carbocycles. The predicted octanol–water partition coefficient (Wildman–Crippen LogP) is 1.29. The van der Waals surface area contributed by atoms with E-state index >= 15 is 0 Å². The Kier molecular flexibility index (Phi) is 2.94. The van der Waals surface area contributed by atoms with Gasteiger partial charge in [0, 0.05) is 36.0 Å². The Bertz CT molecular complexity index is 108. The van der Waals surface area contributed by atoms with Crippen LogP contribution < -0.4 is 0 Å². The number of aliphatic hydroxyl groups is 1. The molecule has 0 spiro atoms. The van der Waals surface area contributed by atoms with Crippen molar-refractivity contribution >= 4 is 22.9 Å². The second-order valence-corrected chi connectivity index (χ2v) is 4.64. The van der Waals surface area contributed by atoms with Gasteiger partial charge in [-0.15, -0.1) is 0 Å². The number of aliphatic hydroxyl groups excluding tert-OH is 1. The highest BCUT2D eigenvalue weighted by molar-refractivity contribution is 14.1. The minimum absolute atomic E-state index is 0.0917. The average Bonchev–Trinajstić information content (AvgIpc) is 1.82. The van der Waals surface area contributed by atoms with E-state index in [2.05, 4.69) is 39.8 Å². The molecule has 10 heavy (non-hydrogen) atoms. The maximum Gasteiger partial charge on any atom is 0.0616 e. The molecule has 1 rings (SSSR count). The van der Waals surface area contributed by atoms with Gasteiger partial charge >= 0.3 is 0 Å². The van der Waals surface area contributed by atoms with Crippen LogP contribution in [-0.2, 0) is 0 Å². The number of hydrogen-bond donors (Lipinski definition) is 1. The van der Waals surface area contributed by atoms with E-state index in [0.717, 1.165) is 13.1 Å². The first-order chi connectivity index (χ1) is 4.61. The van der Waals surface area contributed by atoms with Crippen molar-refractivity contribution in [3.05, 3.63) is 0 Å². The summed E-state index contributed by atoms with van der Waals surface area (Å²) in [7, 11) is 0. The molecule has 0 saturated carbocycles. The lowest BCUT2D eigenvalue weighted by molar-refractivity contribution is 0.0251. The third-order valence-corrected chi connectivity index (χ3v) is 2.93. The molecular weight excluding hydrogens is 241 g/mol. The third-order valence-electron chi connectivity index (χ3n) is 2.14. The van der Waals surface area contributed by atoms with Crippen molar-refractivity contribution in [2.24, 2.45) is 11.8 Å². The highest BCUT2D eigenvalue weighted by atomic mass is 127. The Hall–Kier alpha value is 0.650. The Balaban J connectivity index is 2.49. The van der Waals surface area contributed by atoms with Crippen molar-refractivity contribution in [1.29, 1.82) is 0 Å². The fourth-order valence-electron chi connectivity index (χ4n) is 1.48. The highest BCUT2D eigenvalue weighted by Crippen LogP contribution is 2.23. The number of nitrogens with zero attached hydrogens (tertiary/aromatic N) is 1. The lowest BCUT2D eigenvalue weighted by Crippen LogP contribution is -2.43. The maximum absolute atomic E-state index is 9.53. The van der Waals surface area contributed by atoms with E-state index in [0.29, 0.717) is 11.8 Å². The minimum Gasteiger partial charge on any atom is -0.392 e. The second kappa shape index (κ2) is 3.36. The molecule has 2 unspecified atom stereocenters. The van der Waals surface area contributed by atoms with Gasteiger partial charge in [-0.1, -0.05) is 13.8 Å². The van der Waals surface area contributed by atoms with Gasteiger partial charge in [0.1, 0.15) is 0 Å². The van der Waals surface area contributed by atoms with E-state index in [-0.39, 0.29) is 6.10 Å². The Morgan fingerprint density at radius 2 is 1.70 bits per heavy atom. The van der Waals surface area contributed by atoms with E-state index in [9.17, 15) is 5.11 Å². The zero-order valence-electron chi connectivity index (χ0n) is 6.42. The molecule has 3 heteroatoms. The lowest BCUT2D eigenvalue weighted by Gasteiger charge is -2.35. The van der Waals surface area contributed by atoms with Gasteiger partial charge in [0.15, 0.2) is 0 Å². The molecule has 1 aliphatic heterocycles. The Labute approximate surface area is 76.1 Å². The number of halogens is 1. The molecule has 0 aliphatic carbocycles. The van der Waals surface area contributed by atoms with Crippen LogP contribution in [0.3, 0.4) is 0 Å². The van der Waals surface area contributed by atoms with E-state index in [4.69, 9.17) is 0 Å². The van der Waals surface area contributed by atoms with Crippen LogP contribution in [0, 0.1) is 11.8 Å². The fourth-order valence-corrected chi connectivity index (χ4v) is 2.72. The predicted molar refractivity (Wildman–Crippen MR) is 49.9 cm³/mol. The van der Waals surface area contributed by atoms with E-state index in [1.165, 1.54) is 0 Å². The highest BCUT2D eigenvalue weighted by Gasteiger charge is 2.28. The summed E-state index contributed by atoms with van der Waals surface area (Å²) in [6.07, 6.45) is -0.0917. The second-order valence-electron chi connectivity index (χ2n) is 3.27. The first-order valence-electron chi connectivity index (χ1n) is 3.70. The Morgan fingerprint density at radius 1 is 1.30 bits per heavy atom. The molecule has 1 fully saturated rings. The zero-order valence-corrected chi connectivity index (χ0v) is 8.58. The van der Waals surface area contributed by atoms with Gasteiger partial charge in [0.05, 0.1) is 6.10 Å². The van der Waals surface area contributed by atoms with Gasteiger partial charge in [0.25, 0.3) is 0 Å². The summed E-state index contributed by atoms with van der Waals surface area (Å²) < 4.78 is 2.25. The van der Waals surface area contributed by atoms with Gasteiger partial charge in [-0.05, 0) is 11.8 Å². The number of hydrogen-bond acceptors (Lipinski definition) is 2. The van der Waals surface area contributed by atoms with Crippen LogP contribution in [0.15, 0.2) is 0 Å². The molecule has 1 N–H and O–H groups in total. The number of rotatable bonds is 0. The molecule has 0 aromatic heterocycles. The van der Waals surface area contributed by atoms with Crippen molar-refractivity contribution in [3.63, 3.8) is 0 Å². The molecule has 0 amide bonds. The fraction of sp³-hybridized carbons (Fsp3) is 1.00. The standard InChI is InChI=1S/C7H14INO/c1-5-3-9(8)4-6(2)7(5)10/h5-7,10H,3-4H2,1-2H3. The summed E-state index contributed by atoms with van der Waals surface area (Å²) in [6, 6.07) is 0. The summed E-state index contributed by atoms with van der Waals surface area (Å²) >= 11 is 2.32. The molecule has 0 aromatic rings. The van der Waals surface area contributed by atoms with Crippen LogP contribution in [0.2, 0.25) is 0 Å². The molecular formula is C7H14INO. The molecule has 60 valence electrons. The average molecular weight is 255 g/mol. The van der Waals surface area contributed by atoms with E-state index in [1.54, 1.807) is 0 Å². The smallest absolute Gasteiger partial charge is 0.0616 e. The van der Waals surface area contributed by atoms with Crippen molar-refractivity contribution in [2.75, 3.05) is 13.1 Å². The largest absolute Gasteiger partial charge is 0.392 e. The van der Waals surface area contributed by atoms with Crippen molar-refractivity contribution in [2.45, 2.75) is 20.0 Å². The van der Waals surface area contributed by atoms with Crippen LogP contribution in [0.5, 0.6) is 0 Å². The number of piperidine rings is 1. The van der Waals surface area contributed by atoms with Crippen LogP contribution in [0.4, 0.5) is 0 Å². The minimum atomic E-state index is -0.0917. The van der Waals surface area contributed by atoms with Gasteiger partial charge < -0.3 is 5.11 Å². The lowest BCUT2D eigenvalue weighted by atomic mass is 9.90. The summed E-state index contributed by atoms with van der Waals surface area (Å²) in [5, 5.41) is 9.53. The van der Waals surface area contributed by atoms with E-state index in [1.807, 2.05) is 0 Å². The third kappa shape index (κ3) is 1.83. The Morgan fingerprint density at radius 3 is 2.10 bits per heavy atom. The molecule has 0 radical (unpaired) electrons. The summed E-state index contributed by atoms with van der Waals surface area (Å²) in [5.41, 5.74) is 0. The van der Waals surface area contributed by atoms with E-state index < -0.39 is 0 Å². The summed E-state index contributed by atoms with van der Waals surface area (Å²) in [4.78, 5) is 0. The zero-order chi connectivity index (χ0) is 7.72. The summed E-state index contributed by atoms with van der Waals surface area (Å²) in [5.74, 6) is 0.862. The van der Waals surface area contributed by atoms with Crippen molar-refractivity contribution < 1.29 is 5.11 Å². The van der Waals surface area contributed by atoms with Gasteiger partial charge in [0.2, 0.25) is 0 Å². The van der Waals surface area contributed by atoms with Crippen LogP contribution >= 0.6 is 22.9 Å². The van der Waals surface area contributed by atoms with Crippen LogP contribution in [0.25, 0.3) is 0 Å². The van der Waals surface area contributed by atoms with Crippen LogP contribution in [-0.4, -0.2) is 27.4 Å². The molecule has 1 aliphatic rings. The normalized spacial score (nSPS) is 43.8. The summed E-state index contributed by atoms with van der Waals surface area (Å²) in [6.45, 7) is 6.25. The molecule has 0 bridgehead atoms. The monoisotopic (exact) mass is 255 g/mol. The maximum atomic E-state index is 9.53. The van der Waals surface area contributed by atoms with Gasteiger partial charge in [-0.25, -0.2) is 3.11 Å². The molecule has 2 nitrogen and oxygen atoms in total. The SMILES string of the molecule is CC1CN(I)CC(C)C1O. The molecule has 2 atom stereocenters. The first-order valence-corrected chi connectivity index (χ1v) is 4.66. The van der Waals surface area contributed by atoms with Crippen LogP contribution in [0.1, 0.15) is 13.8 Å². The van der Waals surface area contributed by atoms with Crippen molar-refractivity contribution in [1.82, 2.24) is 3.11 Å². The quantitative estimate of drug-likeness (QED) is 0.520. The topological polar surface area (TPSA) is 23.5 Å². The van der Waals surface area contributed by atoms with Gasteiger partial charge in [-0.2, -0.15) is 0 Å². The van der Waals surface area contributed by atoms with Gasteiger partial charge in [-0.3, -0.25) is 0 Å². The molecule has 1 saturated heterocycles.